The second kappa shape index (κ2) is 6.69. The Labute approximate surface area is 124 Å². The molecule has 0 aliphatic rings. The minimum Gasteiger partial charge on any atom is -0.309 e. The third kappa shape index (κ3) is 3.68. The van der Waals surface area contributed by atoms with Gasteiger partial charge in [0, 0.05) is 32.0 Å². The third-order valence-electron chi connectivity index (χ3n) is 3.45. The maximum absolute atomic E-state index is 3.63. The van der Waals surface area contributed by atoms with Crippen LogP contribution in [0.4, 0.5) is 0 Å². The zero-order valence-corrected chi connectivity index (χ0v) is 13.9. The van der Waals surface area contributed by atoms with E-state index < -0.39 is 0 Å². The molecule has 0 radical (unpaired) electrons. The molecule has 0 amide bonds. The van der Waals surface area contributed by atoms with Crippen LogP contribution in [0, 0.1) is 13.8 Å². The van der Waals surface area contributed by atoms with Gasteiger partial charge < -0.3 is 5.32 Å². The number of hydrogen-bond acceptors (Lipinski definition) is 3. The average molecular weight is 294 g/mol. The van der Waals surface area contributed by atoms with Crippen molar-refractivity contribution in [2.75, 3.05) is 6.54 Å². The van der Waals surface area contributed by atoms with Crippen molar-refractivity contribution >= 4 is 22.7 Å². The molecule has 0 aromatic carbocycles. The van der Waals surface area contributed by atoms with Crippen molar-refractivity contribution in [3.8, 4) is 0 Å². The molecule has 0 aliphatic carbocycles. The van der Waals surface area contributed by atoms with E-state index in [1.807, 2.05) is 22.7 Å². The van der Waals surface area contributed by atoms with Crippen molar-refractivity contribution in [2.24, 2.45) is 0 Å². The molecular weight excluding hydrogens is 270 g/mol. The van der Waals surface area contributed by atoms with Crippen molar-refractivity contribution in [2.45, 2.75) is 46.6 Å². The van der Waals surface area contributed by atoms with Gasteiger partial charge in [-0.1, -0.05) is 13.8 Å². The molecule has 0 bridgehead atoms. The van der Waals surface area contributed by atoms with Gasteiger partial charge in [0.1, 0.15) is 0 Å². The topological polar surface area (TPSA) is 12.0 Å². The van der Waals surface area contributed by atoms with E-state index in [0.717, 1.165) is 19.4 Å². The maximum atomic E-state index is 3.63. The van der Waals surface area contributed by atoms with Crippen LogP contribution in [0.25, 0.3) is 0 Å². The van der Waals surface area contributed by atoms with Crippen LogP contribution >= 0.6 is 22.7 Å². The Hall–Kier alpha value is -0.640. The molecular formula is C16H23NS2. The van der Waals surface area contributed by atoms with Gasteiger partial charge in [-0.3, -0.25) is 0 Å². The van der Waals surface area contributed by atoms with Crippen LogP contribution in [-0.2, 0) is 12.8 Å². The molecule has 2 rings (SSSR count). The molecule has 3 heteroatoms. The lowest BCUT2D eigenvalue weighted by atomic mass is 10.1. The molecule has 0 spiro atoms. The first-order valence-electron chi connectivity index (χ1n) is 7.02. The van der Waals surface area contributed by atoms with Gasteiger partial charge in [-0.2, -0.15) is 0 Å². The predicted octanol–water partition coefficient (Wildman–Crippen LogP) is 4.88. The quantitative estimate of drug-likeness (QED) is 0.800. The molecule has 0 fully saturated rings. The maximum Gasteiger partial charge on any atom is 0.0463 e. The number of likely N-dealkylation sites (N-methyl/N-ethyl adjacent to an activating group) is 1. The summed E-state index contributed by atoms with van der Waals surface area (Å²) in [5.41, 5.74) is 1.42. The highest BCUT2D eigenvalue weighted by molar-refractivity contribution is 7.12. The highest BCUT2D eigenvalue weighted by Gasteiger charge is 2.15. The fraction of sp³-hybridized carbons (Fsp3) is 0.500. The number of thiophene rings is 2. The van der Waals surface area contributed by atoms with E-state index in [4.69, 9.17) is 0 Å². The van der Waals surface area contributed by atoms with Gasteiger partial charge in [-0.15, -0.1) is 22.7 Å². The van der Waals surface area contributed by atoms with E-state index in [-0.39, 0.29) is 0 Å². The van der Waals surface area contributed by atoms with E-state index in [0.29, 0.717) is 6.04 Å². The highest BCUT2D eigenvalue weighted by atomic mass is 32.1. The van der Waals surface area contributed by atoms with E-state index >= 15 is 0 Å². The predicted molar refractivity (Wildman–Crippen MR) is 87.6 cm³/mol. The number of aryl methyl sites for hydroxylation is 3. The summed E-state index contributed by atoms with van der Waals surface area (Å²) in [6, 6.07) is 7.38. The molecule has 19 heavy (non-hydrogen) atoms. The Bertz CT molecular complexity index is 505. The zero-order valence-electron chi connectivity index (χ0n) is 12.2. The van der Waals surface area contributed by atoms with Gasteiger partial charge in [0.25, 0.3) is 0 Å². The number of nitrogens with one attached hydrogen (secondary N) is 1. The molecule has 2 heterocycles. The Morgan fingerprint density at radius 1 is 1.11 bits per heavy atom. The molecule has 2 aromatic rings. The van der Waals surface area contributed by atoms with Crippen molar-refractivity contribution < 1.29 is 0 Å². The van der Waals surface area contributed by atoms with Crippen molar-refractivity contribution in [3.63, 3.8) is 0 Å². The van der Waals surface area contributed by atoms with Crippen LogP contribution < -0.4 is 5.32 Å². The van der Waals surface area contributed by atoms with Gasteiger partial charge in [-0.05, 0) is 50.6 Å². The lowest BCUT2D eigenvalue weighted by Gasteiger charge is -2.15. The molecule has 1 nitrogen and oxygen atoms in total. The number of hydrogen-bond donors (Lipinski definition) is 1. The summed E-state index contributed by atoms with van der Waals surface area (Å²) in [6.45, 7) is 9.85. The first-order valence-corrected chi connectivity index (χ1v) is 8.65. The fourth-order valence-corrected chi connectivity index (χ4v) is 4.34. The zero-order chi connectivity index (χ0) is 13.8. The van der Waals surface area contributed by atoms with Crippen LogP contribution in [0.1, 0.15) is 45.0 Å². The summed E-state index contributed by atoms with van der Waals surface area (Å²) in [6.07, 6.45) is 2.26. The van der Waals surface area contributed by atoms with Crippen molar-refractivity contribution in [3.05, 3.63) is 43.3 Å². The van der Waals surface area contributed by atoms with Crippen LogP contribution in [0.15, 0.2) is 18.2 Å². The van der Waals surface area contributed by atoms with Crippen molar-refractivity contribution in [1.29, 1.82) is 0 Å². The van der Waals surface area contributed by atoms with Crippen LogP contribution in [0.2, 0.25) is 0 Å². The first-order chi connectivity index (χ1) is 9.13. The standard InChI is InChI=1S/C16H23NS2/c1-5-13-7-8-14(19-13)10-15(17-6-2)16-9-11(3)12(4)18-16/h7-9,15,17H,5-6,10H2,1-4H3. The minimum absolute atomic E-state index is 0.464. The van der Waals surface area contributed by atoms with Crippen molar-refractivity contribution in [1.82, 2.24) is 5.32 Å². The van der Waals surface area contributed by atoms with Gasteiger partial charge in [0.15, 0.2) is 0 Å². The normalized spacial score (nSPS) is 12.8. The fourth-order valence-electron chi connectivity index (χ4n) is 2.22. The molecule has 1 N–H and O–H groups in total. The molecule has 0 saturated heterocycles. The molecule has 0 aliphatic heterocycles. The molecule has 1 unspecified atom stereocenters. The summed E-state index contributed by atoms with van der Waals surface area (Å²) in [5, 5.41) is 3.63. The van der Waals surface area contributed by atoms with Gasteiger partial charge in [-0.25, -0.2) is 0 Å². The van der Waals surface area contributed by atoms with Crippen LogP contribution in [0.5, 0.6) is 0 Å². The second-order valence-electron chi connectivity index (χ2n) is 4.92. The summed E-state index contributed by atoms with van der Waals surface area (Å²) in [5.74, 6) is 0. The van der Waals surface area contributed by atoms with Gasteiger partial charge in [0.2, 0.25) is 0 Å². The van der Waals surface area contributed by atoms with E-state index in [2.05, 4.69) is 51.2 Å². The Kier molecular flexibility index (Phi) is 5.20. The smallest absolute Gasteiger partial charge is 0.0463 e. The monoisotopic (exact) mass is 293 g/mol. The Balaban J connectivity index is 2.15. The molecule has 0 saturated carbocycles. The first kappa shape index (κ1) is 14.8. The lowest BCUT2D eigenvalue weighted by molar-refractivity contribution is 0.561. The molecule has 104 valence electrons. The van der Waals surface area contributed by atoms with E-state index in [1.165, 1.54) is 25.1 Å². The summed E-state index contributed by atoms with van der Waals surface area (Å²) in [7, 11) is 0. The highest BCUT2D eigenvalue weighted by Crippen LogP contribution is 2.30. The van der Waals surface area contributed by atoms with E-state index in [1.54, 1.807) is 0 Å². The van der Waals surface area contributed by atoms with Crippen LogP contribution in [0.3, 0.4) is 0 Å². The molecule has 1 atom stereocenters. The summed E-state index contributed by atoms with van der Waals surface area (Å²) >= 11 is 3.89. The van der Waals surface area contributed by atoms with E-state index in [9.17, 15) is 0 Å². The molecule has 2 aromatic heterocycles. The Morgan fingerprint density at radius 3 is 2.37 bits per heavy atom. The summed E-state index contributed by atoms with van der Waals surface area (Å²) in [4.78, 5) is 5.90. The minimum atomic E-state index is 0.464. The number of rotatable bonds is 6. The summed E-state index contributed by atoms with van der Waals surface area (Å²) < 4.78 is 0. The lowest BCUT2D eigenvalue weighted by Crippen LogP contribution is -2.21. The van der Waals surface area contributed by atoms with Gasteiger partial charge in [0.05, 0.1) is 0 Å². The second-order valence-corrected chi connectivity index (χ2v) is 7.46. The largest absolute Gasteiger partial charge is 0.309 e. The SMILES string of the molecule is CCNC(Cc1ccc(CC)s1)c1cc(C)c(C)s1. The Morgan fingerprint density at radius 2 is 1.84 bits per heavy atom. The average Bonchev–Trinajstić information content (AvgIpc) is 2.97. The van der Waals surface area contributed by atoms with Gasteiger partial charge >= 0.3 is 0 Å². The van der Waals surface area contributed by atoms with Crippen LogP contribution in [-0.4, -0.2) is 6.54 Å². The third-order valence-corrected chi connectivity index (χ3v) is 5.97.